The van der Waals surface area contributed by atoms with Crippen LogP contribution in [0.1, 0.15) is 151 Å². The van der Waals surface area contributed by atoms with Crippen LogP contribution in [0.3, 0.4) is 0 Å². The molecule has 3 aromatic heterocycles. The van der Waals surface area contributed by atoms with Gasteiger partial charge in [-0.25, -0.2) is 0 Å². The van der Waals surface area contributed by atoms with Gasteiger partial charge in [0, 0.05) is 0 Å². The summed E-state index contributed by atoms with van der Waals surface area (Å²) in [7, 11) is 0. The Bertz CT molecular complexity index is 1540. The SMILES string of the molecule is CCCCC(CC)[CH2][Ge]1([CH2]C(CC)CCCC)[c]2cc(-c3sc(C(C)(C)C)c4c3C(=O)NC4=O)sc2-c2sc(C(C)(C)C)c[c]21. The van der Waals surface area contributed by atoms with E-state index in [1.807, 2.05) is 11.3 Å². The molecular formula is C38H55GeNO2S3. The van der Waals surface area contributed by atoms with Crippen molar-refractivity contribution in [3.05, 3.63) is 33.0 Å². The van der Waals surface area contributed by atoms with Gasteiger partial charge in [-0.1, -0.05) is 0 Å². The molecule has 3 aromatic rings. The average molecular weight is 727 g/mol. The van der Waals surface area contributed by atoms with E-state index in [4.69, 9.17) is 0 Å². The van der Waals surface area contributed by atoms with Crippen molar-refractivity contribution >= 4 is 67.9 Å². The number of rotatable bonds is 13. The predicted octanol–water partition coefficient (Wildman–Crippen LogP) is 11.0. The van der Waals surface area contributed by atoms with Gasteiger partial charge in [0.25, 0.3) is 0 Å². The Morgan fingerprint density at radius 2 is 1.22 bits per heavy atom. The maximum atomic E-state index is 13.3. The van der Waals surface area contributed by atoms with Crippen molar-refractivity contribution in [1.29, 1.82) is 0 Å². The Kier molecular flexibility index (Phi) is 10.4. The van der Waals surface area contributed by atoms with Crippen LogP contribution in [0.15, 0.2) is 12.1 Å². The van der Waals surface area contributed by atoms with Crippen LogP contribution in [0.25, 0.3) is 19.5 Å². The van der Waals surface area contributed by atoms with Crippen LogP contribution in [-0.4, -0.2) is 25.1 Å². The summed E-state index contributed by atoms with van der Waals surface area (Å²) in [6.45, 7) is 23.1. The molecule has 1 N–H and O–H groups in total. The minimum atomic E-state index is -2.88. The molecular weight excluding hydrogens is 671 g/mol. The van der Waals surface area contributed by atoms with Gasteiger partial charge in [0.15, 0.2) is 0 Å². The molecule has 0 spiro atoms. The Morgan fingerprint density at radius 3 is 1.73 bits per heavy atom. The first-order valence-corrected chi connectivity index (χ1v) is 25.0. The number of fused-ring (bicyclic) bond motifs is 4. The third kappa shape index (κ3) is 6.48. The Labute approximate surface area is 287 Å². The summed E-state index contributed by atoms with van der Waals surface area (Å²) in [6.07, 6.45) is 10.3. The van der Waals surface area contributed by atoms with E-state index in [0.29, 0.717) is 11.1 Å². The van der Waals surface area contributed by atoms with Crippen LogP contribution in [0.2, 0.25) is 10.5 Å². The molecule has 0 aromatic carbocycles. The molecule has 2 amide bonds. The van der Waals surface area contributed by atoms with Gasteiger partial charge in [-0.15, -0.1) is 0 Å². The summed E-state index contributed by atoms with van der Waals surface area (Å²) >= 11 is 2.78. The second-order valence-corrected chi connectivity index (χ2v) is 27.5. The van der Waals surface area contributed by atoms with Crippen molar-refractivity contribution in [2.45, 2.75) is 142 Å². The molecule has 7 heteroatoms. The first kappa shape index (κ1) is 35.1. The average Bonchev–Trinajstić information content (AvgIpc) is 3.76. The Balaban J connectivity index is 1.76. The fourth-order valence-electron chi connectivity index (χ4n) is 7.65. The first-order valence-electron chi connectivity index (χ1n) is 17.5. The molecule has 0 aliphatic carbocycles. The van der Waals surface area contributed by atoms with E-state index in [1.54, 1.807) is 25.0 Å². The molecule has 0 fully saturated rings. The van der Waals surface area contributed by atoms with E-state index >= 15 is 0 Å². The van der Waals surface area contributed by atoms with Crippen LogP contribution >= 0.6 is 34.0 Å². The Morgan fingerprint density at radius 1 is 0.689 bits per heavy atom. The Hall–Kier alpha value is -1.22. The predicted molar refractivity (Wildman–Crippen MR) is 201 cm³/mol. The fourth-order valence-corrected chi connectivity index (χ4v) is 28.1. The molecule has 2 aliphatic rings. The number of nitrogens with one attached hydrogen (secondary N) is 1. The molecule has 0 saturated heterocycles. The van der Waals surface area contributed by atoms with Crippen LogP contribution < -0.4 is 14.1 Å². The van der Waals surface area contributed by atoms with Gasteiger partial charge in [-0.3, -0.25) is 0 Å². The molecule has 0 bridgehead atoms. The summed E-state index contributed by atoms with van der Waals surface area (Å²) in [5.74, 6) is 1.07. The quantitative estimate of drug-likeness (QED) is 0.141. The summed E-state index contributed by atoms with van der Waals surface area (Å²) in [5.41, 5.74) is 1.16. The third-order valence-corrected chi connectivity index (χ3v) is 27.0. The second kappa shape index (κ2) is 13.4. The van der Waals surface area contributed by atoms with Crippen molar-refractivity contribution in [1.82, 2.24) is 5.32 Å². The molecule has 3 nitrogen and oxygen atoms in total. The number of unbranched alkanes of at least 4 members (excludes halogenated alkanes) is 2. The van der Waals surface area contributed by atoms with E-state index in [1.165, 1.54) is 76.5 Å². The van der Waals surface area contributed by atoms with E-state index in [0.717, 1.165) is 21.6 Å². The molecule has 246 valence electrons. The standard InChI is InChI=1S/C38H55GeNO2S3/c1-11-15-17-23(13-3)21-39(22-24(14-4)18-16-12-2)25-19-27(43-31(25)32-26(39)20-28(44-32)37(5,6)7)33-29-30(36(42)40-35(29)41)34(45-33)38(8,9)10/h19-20,23-24H,11-18,21-22H2,1-10H3,(H,40,41,42). The van der Waals surface area contributed by atoms with Crippen molar-refractivity contribution in [3.8, 4) is 19.5 Å². The van der Waals surface area contributed by atoms with Gasteiger partial charge in [-0.2, -0.15) is 0 Å². The van der Waals surface area contributed by atoms with Crippen LogP contribution in [0.4, 0.5) is 0 Å². The number of hydrogen-bond donors (Lipinski definition) is 1. The maximum absolute atomic E-state index is 13.3. The van der Waals surface area contributed by atoms with Gasteiger partial charge in [0.05, 0.1) is 0 Å². The minimum absolute atomic E-state index is 0.122. The van der Waals surface area contributed by atoms with Gasteiger partial charge < -0.3 is 0 Å². The van der Waals surface area contributed by atoms with E-state index in [-0.39, 0.29) is 22.6 Å². The number of amides is 2. The summed E-state index contributed by atoms with van der Waals surface area (Å²) in [5, 5.41) is 5.40. The molecule has 5 rings (SSSR count). The number of thiophene rings is 3. The van der Waals surface area contributed by atoms with Crippen LogP contribution in [-0.2, 0) is 10.8 Å². The van der Waals surface area contributed by atoms with Crippen LogP contribution in [0, 0.1) is 11.8 Å². The zero-order valence-electron chi connectivity index (χ0n) is 29.4. The molecule has 2 aliphatic heterocycles. The normalized spacial score (nSPS) is 19.1. The first-order chi connectivity index (χ1) is 21.2. The third-order valence-electron chi connectivity index (χ3n) is 10.3. The zero-order valence-corrected chi connectivity index (χ0v) is 34.0. The molecule has 0 saturated carbocycles. The number of carbonyl (C=O) groups is 2. The fraction of sp³-hybridized carbons (Fsp3) is 0.632. The summed E-state index contributed by atoms with van der Waals surface area (Å²) < 4.78 is 3.45. The van der Waals surface area contributed by atoms with E-state index < -0.39 is 13.3 Å². The van der Waals surface area contributed by atoms with Crippen molar-refractivity contribution in [3.63, 3.8) is 0 Å². The van der Waals surface area contributed by atoms with Crippen molar-refractivity contribution < 1.29 is 9.59 Å². The van der Waals surface area contributed by atoms with Gasteiger partial charge in [0.2, 0.25) is 0 Å². The second-order valence-electron chi connectivity index (χ2n) is 15.8. The summed E-state index contributed by atoms with van der Waals surface area (Å²) in [4.78, 5) is 34.2. The van der Waals surface area contributed by atoms with Gasteiger partial charge >= 0.3 is 289 Å². The summed E-state index contributed by atoms with van der Waals surface area (Å²) in [6, 6.07) is 5.23. The molecule has 45 heavy (non-hydrogen) atoms. The number of imide groups is 1. The molecule has 2 unspecified atom stereocenters. The molecule has 0 radical (unpaired) electrons. The zero-order chi connectivity index (χ0) is 32.9. The number of carbonyl (C=O) groups excluding carboxylic acids is 2. The van der Waals surface area contributed by atoms with E-state index in [2.05, 4.69) is 98.0 Å². The van der Waals surface area contributed by atoms with Gasteiger partial charge in [0.1, 0.15) is 0 Å². The molecule has 2 atom stereocenters. The molecule has 5 heterocycles. The van der Waals surface area contributed by atoms with Crippen molar-refractivity contribution in [2.24, 2.45) is 11.8 Å². The van der Waals surface area contributed by atoms with E-state index in [9.17, 15) is 9.59 Å². The topological polar surface area (TPSA) is 46.2 Å². The monoisotopic (exact) mass is 727 g/mol. The van der Waals surface area contributed by atoms with Crippen LogP contribution in [0.5, 0.6) is 0 Å². The number of hydrogen-bond acceptors (Lipinski definition) is 5. The van der Waals surface area contributed by atoms with Gasteiger partial charge in [-0.05, 0) is 0 Å². The van der Waals surface area contributed by atoms with Crippen molar-refractivity contribution in [2.75, 3.05) is 0 Å².